The van der Waals surface area contributed by atoms with E-state index in [1.165, 1.54) is 44.2 Å². The van der Waals surface area contributed by atoms with Crippen molar-refractivity contribution in [1.29, 1.82) is 0 Å². The van der Waals surface area contributed by atoms with Crippen LogP contribution in [0.25, 0.3) is 0 Å². The normalized spacial score (nSPS) is 56.3. The maximum absolute atomic E-state index is 10.1. The molecule has 0 amide bonds. The smallest absolute Gasteiger partial charge is 0.0543 e. The van der Waals surface area contributed by atoms with E-state index in [9.17, 15) is 5.11 Å². The summed E-state index contributed by atoms with van der Waals surface area (Å²) in [6.45, 7) is 4.99. The zero-order chi connectivity index (χ0) is 15.5. The number of fused-ring (bicyclic) bond motifs is 5. The van der Waals surface area contributed by atoms with E-state index in [1.807, 2.05) is 0 Å². The lowest BCUT2D eigenvalue weighted by molar-refractivity contribution is -0.113. The minimum Gasteiger partial charge on any atom is -0.393 e. The molecule has 3 heteroatoms. The summed E-state index contributed by atoms with van der Waals surface area (Å²) < 4.78 is 0. The first-order valence-corrected chi connectivity index (χ1v) is 9.44. The lowest BCUT2D eigenvalue weighted by Crippen LogP contribution is -2.54. The van der Waals surface area contributed by atoms with Crippen LogP contribution in [0.15, 0.2) is 5.10 Å². The predicted molar refractivity (Wildman–Crippen MR) is 89.4 cm³/mol. The average molecular weight is 304 g/mol. The van der Waals surface area contributed by atoms with Gasteiger partial charge in [0.2, 0.25) is 0 Å². The Kier molecular flexibility index (Phi) is 3.38. The first kappa shape index (κ1) is 15.0. The third-order valence-corrected chi connectivity index (χ3v) is 8.53. The highest BCUT2D eigenvalue weighted by molar-refractivity contribution is 5.92. The van der Waals surface area contributed by atoms with Gasteiger partial charge in [0.05, 0.1) is 6.10 Å². The molecule has 4 unspecified atom stereocenters. The Morgan fingerprint density at radius 1 is 1.05 bits per heavy atom. The van der Waals surface area contributed by atoms with Crippen LogP contribution >= 0.6 is 0 Å². The fourth-order valence-electron chi connectivity index (χ4n) is 7.24. The van der Waals surface area contributed by atoms with E-state index in [1.54, 1.807) is 0 Å². The van der Waals surface area contributed by atoms with Gasteiger partial charge in [0.25, 0.3) is 0 Å². The number of aliphatic hydroxyl groups is 1. The van der Waals surface area contributed by atoms with Crippen molar-refractivity contribution in [2.75, 3.05) is 0 Å². The molecule has 0 aromatic carbocycles. The van der Waals surface area contributed by atoms with Gasteiger partial charge < -0.3 is 10.9 Å². The van der Waals surface area contributed by atoms with E-state index in [0.717, 1.165) is 42.9 Å². The van der Waals surface area contributed by atoms with E-state index in [4.69, 9.17) is 5.84 Å². The molecule has 0 bridgehead atoms. The van der Waals surface area contributed by atoms with Gasteiger partial charge in [0.1, 0.15) is 0 Å². The summed E-state index contributed by atoms with van der Waals surface area (Å²) in [5.41, 5.74) is 2.06. The highest BCUT2D eigenvalue weighted by atomic mass is 16.3. The number of hydrogen-bond acceptors (Lipinski definition) is 3. The summed E-state index contributed by atoms with van der Waals surface area (Å²) in [7, 11) is 0. The Balaban J connectivity index is 1.63. The molecule has 0 aliphatic heterocycles. The topological polar surface area (TPSA) is 58.6 Å². The maximum atomic E-state index is 10.1. The maximum Gasteiger partial charge on any atom is 0.0543 e. The molecular formula is C19H32N2O. The van der Waals surface area contributed by atoms with Crippen LogP contribution in [0.5, 0.6) is 0 Å². The van der Waals surface area contributed by atoms with Gasteiger partial charge in [-0.2, -0.15) is 5.10 Å². The van der Waals surface area contributed by atoms with Crippen molar-refractivity contribution < 1.29 is 5.11 Å². The Morgan fingerprint density at radius 2 is 1.86 bits per heavy atom. The molecule has 4 fully saturated rings. The van der Waals surface area contributed by atoms with Gasteiger partial charge in [-0.05, 0) is 86.9 Å². The van der Waals surface area contributed by atoms with Crippen molar-refractivity contribution in [2.24, 2.45) is 45.4 Å². The largest absolute Gasteiger partial charge is 0.393 e. The van der Waals surface area contributed by atoms with Crippen LogP contribution in [0.4, 0.5) is 0 Å². The minimum absolute atomic E-state index is 0.0362. The SMILES string of the molecule is C[C@]12CC[C@H](O)CC1CCC1C2CC[C@]2(C)/C(=N/N)CCC12. The standard InChI is InChI=1S/C19H32N2O/c1-18-9-7-13(22)11-12(18)3-4-14-15-5-6-17(21-20)19(15,2)10-8-16(14)18/h12-16,22H,3-11,20H2,1-2H3/b21-17+/t12?,13-,14?,15?,16?,18-,19-/m0/s1. The number of nitrogens with two attached hydrogens (primary N) is 1. The Labute approximate surface area is 134 Å². The van der Waals surface area contributed by atoms with Crippen LogP contribution in [-0.2, 0) is 0 Å². The molecule has 3 N–H and O–H groups in total. The van der Waals surface area contributed by atoms with Gasteiger partial charge in [-0.15, -0.1) is 0 Å². The van der Waals surface area contributed by atoms with Gasteiger partial charge >= 0.3 is 0 Å². The van der Waals surface area contributed by atoms with E-state index >= 15 is 0 Å². The van der Waals surface area contributed by atoms with E-state index in [0.29, 0.717) is 5.41 Å². The molecule has 124 valence electrons. The molecule has 22 heavy (non-hydrogen) atoms. The number of hydrazone groups is 1. The highest BCUT2D eigenvalue weighted by Crippen LogP contribution is 2.65. The van der Waals surface area contributed by atoms with Crippen LogP contribution < -0.4 is 5.84 Å². The lowest BCUT2D eigenvalue weighted by Gasteiger charge is -2.60. The Bertz CT molecular complexity index is 490. The summed E-state index contributed by atoms with van der Waals surface area (Å²) in [4.78, 5) is 0. The average Bonchev–Trinajstić information content (AvgIpc) is 2.84. The molecule has 3 nitrogen and oxygen atoms in total. The monoisotopic (exact) mass is 304 g/mol. The lowest BCUT2D eigenvalue weighted by atomic mass is 9.45. The minimum atomic E-state index is -0.0362. The summed E-state index contributed by atoms with van der Waals surface area (Å²) in [6.07, 6.45) is 11.0. The third kappa shape index (κ3) is 1.87. The van der Waals surface area contributed by atoms with Gasteiger partial charge in [0.15, 0.2) is 0 Å². The fourth-order valence-corrected chi connectivity index (χ4v) is 7.24. The van der Waals surface area contributed by atoms with Crippen LogP contribution in [-0.4, -0.2) is 16.9 Å². The second-order valence-corrected chi connectivity index (χ2v) is 9.16. The van der Waals surface area contributed by atoms with Crippen molar-refractivity contribution >= 4 is 5.71 Å². The van der Waals surface area contributed by atoms with Crippen molar-refractivity contribution in [3.8, 4) is 0 Å². The summed E-state index contributed by atoms with van der Waals surface area (Å²) in [5.74, 6) is 9.00. The molecule has 4 saturated carbocycles. The number of rotatable bonds is 0. The molecular weight excluding hydrogens is 272 g/mol. The molecule has 4 aliphatic rings. The summed E-state index contributed by atoms with van der Waals surface area (Å²) in [6, 6.07) is 0. The zero-order valence-electron chi connectivity index (χ0n) is 14.2. The van der Waals surface area contributed by atoms with Gasteiger partial charge in [-0.1, -0.05) is 13.8 Å². The van der Waals surface area contributed by atoms with Crippen LogP contribution in [0.2, 0.25) is 0 Å². The van der Waals surface area contributed by atoms with Gasteiger partial charge in [-0.25, -0.2) is 0 Å². The van der Waals surface area contributed by atoms with Crippen LogP contribution in [0.3, 0.4) is 0 Å². The third-order valence-electron chi connectivity index (χ3n) is 8.53. The Hall–Kier alpha value is -0.570. The molecule has 7 atom stereocenters. The number of nitrogens with zero attached hydrogens (tertiary/aromatic N) is 1. The van der Waals surface area contributed by atoms with Crippen LogP contribution in [0.1, 0.15) is 71.6 Å². The molecule has 0 heterocycles. The molecule has 0 saturated heterocycles. The first-order valence-electron chi connectivity index (χ1n) is 9.44. The second kappa shape index (κ2) is 4.96. The molecule has 4 aliphatic carbocycles. The second-order valence-electron chi connectivity index (χ2n) is 9.16. The molecule has 0 aromatic heterocycles. The van der Waals surface area contributed by atoms with Crippen molar-refractivity contribution in [3.05, 3.63) is 0 Å². The summed E-state index contributed by atoms with van der Waals surface area (Å²) >= 11 is 0. The molecule has 0 radical (unpaired) electrons. The molecule has 0 spiro atoms. The van der Waals surface area contributed by atoms with Crippen molar-refractivity contribution in [2.45, 2.75) is 77.7 Å². The number of aliphatic hydroxyl groups excluding tert-OH is 1. The number of hydrogen-bond donors (Lipinski definition) is 2. The van der Waals surface area contributed by atoms with Crippen LogP contribution in [0, 0.1) is 34.5 Å². The predicted octanol–water partition coefficient (Wildman–Crippen LogP) is 3.70. The quantitative estimate of drug-likeness (QED) is 0.529. The highest BCUT2D eigenvalue weighted by Gasteiger charge is 2.59. The van der Waals surface area contributed by atoms with Crippen molar-refractivity contribution in [1.82, 2.24) is 0 Å². The fraction of sp³-hybridized carbons (Fsp3) is 0.947. The van der Waals surface area contributed by atoms with Crippen molar-refractivity contribution in [3.63, 3.8) is 0 Å². The molecule has 0 aromatic rings. The zero-order valence-corrected chi connectivity index (χ0v) is 14.2. The first-order chi connectivity index (χ1) is 10.5. The van der Waals surface area contributed by atoms with E-state index < -0.39 is 0 Å². The molecule has 4 rings (SSSR count). The van der Waals surface area contributed by atoms with Gasteiger partial charge in [-0.3, -0.25) is 0 Å². The summed E-state index contributed by atoms with van der Waals surface area (Å²) in [5, 5.41) is 14.3. The van der Waals surface area contributed by atoms with E-state index in [2.05, 4.69) is 18.9 Å². The van der Waals surface area contributed by atoms with Gasteiger partial charge in [0, 0.05) is 11.1 Å². The van der Waals surface area contributed by atoms with E-state index in [-0.39, 0.29) is 11.5 Å². The Morgan fingerprint density at radius 3 is 2.64 bits per heavy atom.